The molecule has 5 heteroatoms. The SMILES string of the molecule is Cc1cccn2nc(NC3CCCN(C)C3)nc12. The highest BCUT2D eigenvalue weighted by Crippen LogP contribution is 2.14. The fourth-order valence-corrected chi connectivity index (χ4v) is 2.57. The summed E-state index contributed by atoms with van der Waals surface area (Å²) in [4.78, 5) is 6.90. The molecular formula is C13H19N5. The van der Waals surface area contributed by atoms with Crippen molar-refractivity contribution in [1.82, 2.24) is 19.5 Å². The van der Waals surface area contributed by atoms with E-state index in [1.807, 2.05) is 16.8 Å². The van der Waals surface area contributed by atoms with Crippen LogP contribution in [0.3, 0.4) is 0 Å². The van der Waals surface area contributed by atoms with Gasteiger partial charge >= 0.3 is 0 Å². The van der Waals surface area contributed by atoms with E-state index in [-0.39, 0.29) is 0 Å². The van der Waals surface area contributed by atoms with Gasteiger partial charge in [-0.15, -0.1) is 5.10 Å². The molecule has 1 aliphatic heterocycles. The maximum atomic E-state index is 4.55. The minimum atomic E-state index is 0.460. The van der Waals surface area contributed by atoms with Gasteiger partial charge in [0.1, 0.15) is 0 Å². The molecule has 1 N–H and O–H groups in total. The molecular weight excluding hydrogens is 226 g/mol. The summed E-state index contributed by atoms with van der Waals surface area (Å²) < 4.78 is 1.84. The van der Waals surface area contributed by atoms with E-state index in [0.717, 1.165) is 23.7 Å². The molecule has 3 rings (SSSR count). The van der Waals surface area contributed by atoms with Crippen LogP contribution in [0, 0.1) is 6.92 Å². The summed E-state index contributed by atoms with van der Waals surface area (Å²) in [6.07, 6.45) is 4.37. The summed E-state index contributed by atoms with van der Waals surface area (Å²) in [7, 11) is 2.16. The standard InChI is InChI=1S/C13H19N5/c1-10-5-3-8-18-12(10)15-13(16-18)14-11-6-4-7-17(2)9-11/h3,5,8,11H,4,6-7,9H2,1-2H3,(H,14,16). The summed E-state index contributed by atoms with van der Waals surface area (Å²) in [5.74, 6) is 0.740. The third-order valence-corrected chi connectivity index (χ3v) is 3.52. The Morgan fingerprint density at radius 3 is 3.11 bits per heavy atom. The number of aromatic nitrogens is 3. The van der Waals surface area contributed by atoms with Crippen LogP contribution in [-0.2, 0) is 0 Å². The Morgan fingerprint density at radius 2 is 2.33 bits per heavy atom. The molecule has 1 aliphatic rings. The summed E-state index contributed by atoms with van der Waals surface area (Å²) in [6, 6.07) is 4.51. The number of piperidine rings is 1. The predicted octanol–water partition coefficient (Wildman–Crippen LogP) is 1.54. The molecule has 1 unspecified atom stereocenters. The van der Waals surface area contributed by atoms with Gasteiger partial charge in [0.2, 0.25) is 5.95 Å². The van der Waals surface area contributed by atoms with E-state index in [1.165, 1.54) is 19.4 Å². The molecule has 1 saturated heterocycles. The van der Waals surface area contributed by atoms with Crippen molar-refractivity contribution in [3.05, 3.63) is 23.9 Å². The third kappa shape index (κ3) is 2.18. The first-order valence-corrected chi connectivity index (χ1v) is 6.49. The van der Waals surface area contributed by atoms with Crippen molar-refractivity contribution in [2.24, 2.45) is 0 Å². The molecule has 96 valence electrons. The van der Waals surface area contributed by atoms with Crippen molar-refractivity contribution in [3.63, 3.8) is 0 Å². The van der Waals surface area contributed by atoms with E-state index in [4.69, 9.17) is 0 Å². The molecule has 3 heterocycles. The summed E-state index contributed by atoms with van der Waals surface area (Å²) in [6.45, 7) is 4.31. The normalized spacial score (nSPS) is 21.3. The van der Waals surface area contributed by atoms with Gasteiger partial charge in [-0.1, -0.05) is 6.07 Å². The van der Waals surface area contributed by atoms with E-state index in [9.17, 15) is 0 Å². The molecule has 0 saturated carbocycles. The van der Waals surface area contributed by atoms with Crippen LogP contribution < -0.4 is 5.32 Å². The lowest BCUT2D eigenvalue weighted by molar-refractivity contribution is 0.260. The van der Waals surface area contributed by atoms with Crippen molar-refractivity contribution in [2.75, 3.05) is 25.5 Å². The van der Waals surface area contributed by atoms with Crippen molar-refractivity contribution in [1.29, 1.82) is 0 Å². The predicted molar refractivity (Wildman–Crippen MR) is 71.9 cm³/mol. The average molecular weight is 245 g/mol. The second-order valence-corrected chi connectivity index (χ2v) is 5.14. The Hall–Kier alpha value is -1.62. The van der Waals surface area contributed by atoms with Crippen LogP contribution in [0.25, 0.3) is 5.65 Å². The number of aryl methyl sites for hydroxylation is 1. The zero-order valence-corrected chi connectivity index (χ0v) is 10.9. The van der Waals surface area contributed by atoms with Crippen molar-refractivity contribution >= 4 is 11.6 Å². The topological polar surface area (TPSA) is 45.5 Å². The number of rotatable bonds is 2. The Labute approximate surface area is 107 Å². The van der Waals surface area contributed by atoms with Crippen molar-refractivity contribution < 1.29 is 0 Å². The quantitative estimate of drug-likeness (QED) is 0.872. The van der Waals surface area contributed by atoms with Crippen LogP contribution in [0.1, 0.15) is 18.4 Å². The van der Waals surface area contributed by atoms with Gasteiger partial charge in [0.05, 0.1) is 0 Å². The smallest absolute Gasteiger partial charge is 0.243 e. The lowest BCUT2D eigenvalue weighted by Crippen LogP contribution is -2.39. The second-order valence-electron chi connectivity index (χ2n) is 5.14. The van der Waals surface area contributed by atoms with Crippen LogP contribution in [0.2, 0.25) is 0 Å². The zero-order chi connectivity index (χ0) is 12.5. The van der Waals surface area contributed by atoms with Crippen LogP contribution in [-0.4, -0.2) is 45.7 Å². The van der Waals surface area contributed by atoms with Gasteiger partial charge in [-0.2, -0.15) is 4.98 Å². The maximum Gasteiger partial charge on any atom is 0.243 e. The van der Waals surface area contributed by atoms with Gasteiger partial charge in [-0.25, -0.2) is 4.52 Å². The number of pyridine rings is 1. The van der Waals surface area contributed by atoms with Crippen LogP contribution >= 0.6 is 0 Å². The number of hydrogen-bond acceptors (Lipinski definition) is 4. The van der Waals surface area contributed by atoms with Crippen molar-refractivity contribution in [3.8, 4) is 0 Å². The molecule has 1 atom stereocenters. The number of fused-ring (bicyclic) bond motifs is 1. The lowest BCUT2D eigenvalue weighted by atomic mass is 10.1. The van der Waals surface area contributed by atoms with E-state index in [0.29, 0.717) is 6.04 Å². The highest BCUT2D eigenvalue weighted by molar-refractivity contribution is 5.50. The van der Waals surface area contributed by atoms with E-state index >= 15 is 0 Å². The summed E-state index contributed by atoms with van der Waals surface area (Å²) >= 11 is 0. The second kappa shape index (κ2) is 4.57. The van der Waals surface area contributed by atoms with Gasteiger partial charge in [0.25, 0.3) is 0 Å². The Morgan fingerprint density at radius 1 is 1.44 bits per heavy atom. The molecule has 2 aromatic rings. The molecule has 0 amide bonds. The highest BCUT2D eigenvalue weighted by atomic mass is 15.4. The monoisotopic (exact) mass is 245 g/mol. The molecule has 18 heavy (non-hydrogen) atoms. The molecule has 1 fully saturated rings. The van der Waals surface area contributed by atoms with Crippen LogP contribution in [0.4, 0.5) is 5.95 Å². The first-order chi connectivity index (χ1) is 8.72. The number of nitrogens with one attached hydrogen (secondary N) is 1. The van der Waals surface area contributed by atoms with E-state index in [1.54, 1.807) is 0 Å². The van der Waals surface area contributed by atoms with E-state index < -0.39 is 0 Å². The minimum absolute atomic E-state index is 0.460. The van der Waals surface area contributed by atoms with Gasteiger partial charge in [0.15, 0.2) is 5.65 Å². The summed E-state index contributed by atoms with van der Waals surface area (Å²) in [5.41, 5.74) is 2.09. The van der Waals surface area contributed by atoms with Gasteiger partial charge in [0, 0.05) is 18.8 Å². The number of hydrogen-bond donors (Lipinski definition) is 1. The first-order valence-electron chi connectivity index (χ1n) is 6.49. The van der Waals surface area contributed by atoms with E-state index in [2.05, 4.69) is 40.3 Å². The van der Waals surface area contributed by atoms with Crippen molar-refractivity contribution in [2.45, 2.75) is 25.8 Å². The first kappa shape index (κ1) is 11.5. The van der Waals surface area contributed by atoms with Crippen LogP contribution in [0.5, 0.6) is 0 Å². The van der Waals surface area contributed by atoms with Gasteiger partial charge in [-0.05, 0) is 45.0 Å². The number of anilines is 1. The third-order valence-electron chi connectivity index (χ3n) is 3.52. The zero-order valence-electron chi connectivity index (χ0n) is 10.9. The molecule has 0 aromatic carbocycles. The Balaban J connectivity index is 1.80. The van der Waals surface area contributed by atoms with Crippen LogP contribution in [0.15, 0.2) is 18.3 Å². The molecule has 2 aromatic heterocycles. The number of likely N-dealkylation sites (N-methyl/N-ethyl adjacent to an activating group) is 1. The van der Waals surface area contributed by atoms with Gasteiger partial charge in [-0.3, -0.25) is 0 Å². The molecule has 0 radical (unpaired) electrons. The molecule has 0 spiro atoms. The maximum absolute atomic E-state index is 4.55. The Bertz CT molecular complexity index is 547. The fraction of sp³-hybridized carbons (Fsp3) is 0.538. The largest absolute Gasteiger partial charge is 0.349 e. The number of likely N-dealkylation sites (tertiary alicyclic amines) is 1. The van der Waals surface area contributed by atoms with Gasteiger partial charge < -0.3 is 10.2 Å². The number of nitrogens with zero attached hydrogens (tertiary/aromatic N) is 4. The fourth-order valence-electron chi connectivity index (χ4n) is 2.57. The summed E-state index contributed by atoms with van der Waals surface area (Å²) in [5, 5.41) is 7.91. The average Bonchev–Trinajstić information content (AvgIpc) is 2.73. The molecule has 0 bridgehead atoms. The molecule has 0 aliphatic carbocycles. The lowest BCUT2D eigenvalue weighted by Gasteiger charge is -2.29. The Kier molecular flexibility index (Phi) is 2.91. The molecule has 5 nitrogen and oxygen atoms in total. The highest BCUT2D eigenvalue weighted by Gasteiger charge is 2.18. The minimum Gasteiger partial charge on any atom is -0.349 e.